The third-order valence-corrected chi connectivity index (χ3v) is 3.50. The van der Waals surface area contributed by atoms with Gasteiger partial charge in [0.1, 0.15) is 5.75 Å². The van der Waals surface area contributed by atoms with Crippen molar-refractivity contribution in [2.45, 2.75) is 19.8 Å². The van der Waals surface area contributed by atoms with E-state index in [1.165, 1.54) is 5.01 Å². The van der Waals surface area contributed by atoms with Crippen molar-refractivity contribution in [3.63, 3.8) is 0 Å². The molecule has 14 heavy (non-hydrogen) atoms. The Balaban J connectivity index is 2.64. The molecule has 1 aromatic heterocycles. The predicted molar refractivity (Wildman–Crippen MR) is 60.3 cm³/mol. The Kier molecular flexibility index (Phi) is 2.42. The fourth-order valence-corrected chi connectivity index (χ4v) is 2.41. The van der Waals surface area contributed by atoms with Gasteiger partial charge in [-0.25, -0.2) is 4.98 Å². The minimum Gasteiger partial charge on any atom is -0.495 e. The minimum atomic E-state index is 0.483. The molecule has 0 aliphatic heterocycles. The van der Waals surface area contributed by atoms with Crippen molar-refractivity contribution in [3.8, 4) is 5.75 Å². The van der Waals surface area contributed by atoms with E-state index in [9.17, 15) is 0 Å². The molecule has 2 rings (SSSR count). The van der Waals surface area contributed by atoms with Crippen molar-refractivity contribution in [1.82, 2.24) is 4.98 Å². The van der Waals surface area contributed by atoms with Crippen LogP contribution in [0.3, 0.4) is 0 Å². The van der Waals surface area contributed by atoms with Crippen molar-refractivity contribution in [1.29, 1.82) is 0 Å². The van der Waals surface area contributed by atoms with Crippen LogP contribution in [0.5, 0.6) is 5.75 Å². The zero-order chi connectivity index (χ0) is 10.1. The first-order chi connectivity index (χ1) is 6.72. The molecular formula is C11H13NOS. The quantitative estimate of drug-likeness (QED) is 0.752. The predicted octanol–water partition coefficient (Wildman–Crippen LogP) is 3.43. The maximum absolute atomic E-state index is 5.29. The van der Waals surface area contributed by atoms with Crippen LogP contribution in [0.2, 0.25) is 0 Å². The smallest absolute Gasteiger partial charge is 0.138 e. The molecule has 74 valence electrons. The van der Waals surface area contributed by atoms with Gasteiger partial charge in [0.05, 0.1) is 22.3 Å². The van der Waals surface area contributed by atoms with Crippen LogP contribution in [0, 0.1) is 0 Å². The molecule has 0 atom stereocenters. The van der Waals surface area contributed by atoms with E-state index in [0.29, 0.717) is 5.92 Å². The summed E-state index contributed by atoms with van der Waals surface area (Å²) in [7, 11) is 1.70. The summed E-state index contributed by atoms with van der Waals surface area (Å²) in [4.78, 5) is 4.56. The Morgan fingerprint density at radius 1 is 1.36 bits per heavy atom. The van der Waals surface area contributed by atoms with Crippen LogP contribution in [0.1, 0.15) is 24.8 Å². The van der Waals surface area contributed by atoms with E-state index in [1.807, 2.05) is 18.2 Å². The number of rotatable bonds is 2. The van der Waals surface area contributed by atoms with Gasteiger partial charge < -0.3 is 4.74 Å². The fraction of sp³-hybridized carbons (Fsp3) is 0.364. The van der Waals surface area contributed by atoms with E-state index in [4.69, 9.17) is 4.74 Å². The minimum absolute atomic E-state index is 0.483. The molecule has 0 aliphatic rings. The second-order valence-electron chi connectivity index (χ2n) is 3.52. The number of hydrogen-bond donors (Lipinski definition) is 0. The summed E-state index contributed by atoms with van der Waals surface area (Å²) >= 11 is 1.72. The molecule has 0 unspecified atom stereocenters. The summed E-state index contributed by atoms with van der Waals surface area (Å²) in [6.45, 7) is 4.31. The molecular weight excluding hydrogens is 194 g/mol. The lowest BCUT2D eigenvalue weighted by molar-refractivity contribution is 0.420. The average Bonchev–Trinajstić information content (AvgIpc) is 2.60. The van der Waals surface area contributed by atoms with Gasteiger partial charge in [0.15, 0.2) is 0 Å². The van der Waals surface area contributed by atoms with E-state index in [1.54, 1.807) is 18.4 Å². The number of benzene rings is 1. The van der Waals surface area contributed by atoms with E-state index in [0.717, 1.165) is 16.0 Å². The SMILES string of the molecule is COc1cccc2nc(C(C)C)sc12. The molecule has 0 bridgehead atoms. The van der Waals surface area contributed by atoms with Crippen LogP contribution in [0.4, 0.5) is 0 Å². The number of fused-ring (bicyclic) bond motifs is 1. The van der Waals surface area contributed by atoms with Gasteiger partial charge in [-0.1, -0.05) is 19.9 Å². The van der Waals surface area contributed by atoms with E-state index >= 15 is 0 Å². The fourth-order valence-electron chi connectivity index (χ4n) is 1.35. The van der Waals surface area contributed by atoms with Crippen LogP contribution < -0.4 is 4.74 Å². The summed E-state index contributed by atoms with van der Waals surface area (Å²) in [5.41, 5.74) is 1.04. The first-order valence-corrected chi connectivity index (χ1v) is 5.47. The average molecular weight is 207 g/mol. The molecule has 2 nitrogen and oxygen atoms in total. The lowest BCUT2D eigenvalue weighted by Crippen LogP contribution is -1.83. The van der Waals surface area contributed by atoms with E-state index in [-0.39, 0.29) is 0 Å². The third kappa shape index (κ3) is 1.48. The van der Waals surface area contributed by atoms with Crippen LogP contribution >= 0.6 is 11.3 Å². The molecule has 0 aliphatic carbocycles. The Morgan fingerprint density at radius 2 is 2.14 bits per heavy atom. The van der Waals surface area contributed by atoms with Crippen molar-refractivity contribution in [2.75, 3.05) is 7.11 Å². The van der Waals surface area contributed by atoms with Gasteiger partial charge in [0, 0.05) is 5.92 Å². The summed E-state index contributed by atoms with van der Waals surface area (Å²) < 4.78 is 6.44. The maximum atomic E-state index is 5.29. The molecule has 1 heterocycles. The first kappa shape index (κ1) is 9.46. The largest absolute Gasteiger partial charge is 0.495 e. The Hall–Kier alpha value is -1.09. The molecule has 0 saturated carbocycles. The summed E-state index contributed by atoms with van der Waals surface area (Å²) in [5, 5.41) is 1.17. The van der Waals surface area contributed by atoms with Gasteiger partial charge >= 0.3 is 0 Å². The number of hydrogen-bond acceptors (Lipinski definition) is 3. The number of methoxy groups -OCH3 is 1. The second-order valence-corrected chi connectivity index (χ2v) is 4.55. The lowest BCUT2D eigenvalue weighted by atomic mass is 10.2. The van der Waals surface area contributed by atoms with Crippen molar-refractivity contribution in [3.05, 3.63) is 23.2 Å². The van der Waals surface area contributed by atoms with Crippen LogP contribution in [0.15, 0.2) is 18.2 Å². The molecule has 3 heteroatoms. The first-order valence-electron chi connectivity index (χ1n) is 4.66. The zero-order valence-corrected chi connectivity index (χ0v) is 9.39. The third-order valence-electron chi connectivity index (χ3n) is 2.11. The summed E-state index contributed by atoms with van der Waals surface area (Å²) in [6.07, 6.45) is 0. The highest BCUT2D eigenvalue weighted by Gasteiger charge is 2.10. The molecule has 0 radical (unpaired) electrons. The highest BCUT2D eigenvalue weighted by Crippen LogP contribution is 2.33. The van der Waals surface area contributed by atoms with Crippen molar-refractivity contribution >= 4 is 21.6 Å². The summed E-state index contributed by atoms with van der Waals surface area (Å²) in [6, 6.07) is 5.98. The molecule has 0 saturated heterocycles. The second kappa shape index (κ2) is 3.58. The Bertz CT molecular complexity index is 447. The van der Waals surface area contributed by atoms with Crippen molar-refractivity contribution in [2.24, 2.45) is 0 Å². The summed E-state index contributed by atoms with van der Waals surface area (Å²) in [5.74, 6) is 1.41. The number of ether oxygens (including phenoxy) is 1. The monoisotopic (exact) mass is 207 g/mol. The maximum Gasteiger partial charge on any atom is 0.138 e. The number of aromatic nitrogens is 1. The van der Waals surface area contributed by atoms with Gasteiger partial charge in [-0.3, -0.25) is 0 Å². The molecule has 0 amide bonds. The van der Waals surface area contributed by atoms with Gasteiger partial charge in [-0.05, 0) is 12.1 Å². The standard InChI is InChI=1S/C11H13NOS/c1-7(2)11-12-8-5-4-6-9(13-3)10(8)14-11/h4-7H,1-3H3. The molecule has 2 aromatic rings. The van der Waals surface area contributed by atoms with Crippen LogP contribution in [-0.2, 0) is 0 Å². The highest BCUT2D eigenvalue weighted by atomic mass is 32.1. The van der Waals surface area contributed by atoms with Gasteiger partial charge in [-0.15, -0.1) is 11.3 Å². The number of thiazole rings is 1. The van der Waals surface area contributed by atoms with Crippen LogP contribution in [-0.4, -0.2) is 12.1 Å². The molecule has 1 aromatic carbocycles. The van der Waals surface area contributed by atoms with Gasteiger partial charge in [-0.2, -0.15) is 0 Å². The normalized spacial score (nSPS) is 11.1. The Morgan fingerprint density at radius 3 is 2.79 bits per heavy atom. The Labute approximate surface area is 87.5 Å². The highest BCUT2D eigenvalue weighted by molar-refractivity contribution is 7.19. The lowest BCUT2D eigenvalue weighted by Gasteiger charge is -1.98. The molecule has 0 fully saturated rings. The topological polar surface area (TPSA) is 22.1 Å². The van der Waals surface area contributed by atoms with Gasteiger partial charge in [0.25, 0.3) is 0 Å². The zero-order valence-electron chi connectivity index (χ0n) is 8.57. The van der Waals surface area contributed by atoms with Crippen LogP contribution in [0.25, 0.3) is 10.2 Å². The van der Waals surface area contributed by atoms with E-state index < -0.39 is 0 Å². The van der Waals surface area contributed by atoms with Gasteiger partial charge in [0.2, 0.25) is 0 Å². The number of nitrogens with zero attached hydrogens (tertiary/aromatic N) is 1. The van der Waals surface area contributed by atoms with E-state index in [2.05, 4.69) is 18.8 Å². The molecule has 0 spiro atoms. The molecule has 0 N–H and O–H groups in total. The van der Waals surface area contributed by atoms with Crippen molar-refractivity contribution < 1.29 is 4.74 Å².